The fraction of sp³-hybridized carbons (Fsp3) is 0.368. The Labute approximate surface area is 152 Å². The van der Waals surface area contributed by atoms with Gasteiger partial charge in [-0.25, -0.2) is 9.97 Å². The Balaban J connectivity index is 2.06. The van der Waals surface area contributed by atoms with Gasteiger partial charge in [-0.1, -0.05) is 18.2 Å². The van der Waals surface area contributed by atoms with Gasteiger partial charge in [0.05, 0.1) is 17.1 Å². The summed E-state index contributed by atoms with van der Waals surface area (Å²) in [6.45, 7) is 7.25. The van der Waals surface area contributed by atoms with Crippen molar-refractivity contribution in [1.29, 1.82) is 5.26 Å². The van der Waals surface area contributed by atoms with E-state index in [1.165, 1.54) is 0 Å². The van der Waals surface area contributed by atoms with E-state index >= 15 is 0 Å². The minimum atomic E-state index is -1.01. The van der Waals surface area contributed by atoms with Crippen LogP contribution in [0.15, 0.2) is 36.9 Å². The molecule has 1 unspecified atom stereocenters. The van der Waals surface area contributed by atoms with Crippen molar-refractivity contribution >= 4 is 22.8 Å². The highest BCUT2D eigenvalue weighted by Gasteiger charge is 2.29. The number of carbonyl (C=O) groups is 1. The Morgan fingerprint density at radius 1 is 1.31 bits per heavy atom. The van der Waals surface area contributed by atoms with Crippen LogP contribution in [0.25, 0.3) is 11.0 Å². The van der Waals surface area contributed by atoms with E-state index in [1.807, 2.05) is 24.3 Å². The Morgan fingerprint density at radius 3 is 2.58 bits per heavy atom. The molecule has 1 aromatic carbocycles. The van der Waals surface area contributed by atoms with Gasteiger partial charge in [-0.2, -0.15) is 5.26 Å². The number of nitriles is 1. The molecule has 1 amide bonds. The number of fused-ring (bicyclic) bond motifs is 1. The second-order valence-electron chi connectivity index (χ2n) is 6.31. The lowest BCUT2D eigenvalue weighted by atomic mass is 10.0. The largest absolute Gasteiger partial charge is 0.352 e. The average molecular weight is 350 g/mol. The van der Waals surface area contributed by atoms with E-state index < -0.39 is 5.92 Å². The summed E-state index contributed by atoms with van der Waals surface area (Å²) in [5, 5.41) is 12.3. The number of aromatic nitrogens is 2. The van der Waals surface area contributed by atoms with E-state index in [-0.39, 0.29) is 5.91 Å². The van der Waals surface area contributed by atoms with E-state index in [0.29, 0.717) is 23.6 Å². The molecule has 26 heavy (non-hydrogen) atoms. The van der Waals surface area contributed by atoms with Gasteiger partial charge in [-0.3, -0.25) is 4.79 Å². The standard InChI is InChI=1S/C19H22N6O/c1-3-8-21-19(26)14(13-20)17-18(25-11-9-24(2)10-12-25)23-16-7-5-4-6-15(16)22-17/h3-7,14H,1,8-12H2,2H3,(H,21,26). The number of anilines is 1. The molecule has 0 aliphatic carbocycles. The van der Waals surface area contributed by atoms with Crippen molar-refractivity contribution in [3.05, 3.63) is 42.6 Å². The van der Waals surface area contributed by atoms with Crippen molar-refractivity contribution in [3.63, 3.8) is 0 Å². The quantitative estimate of drug-likeness (QED) is 0.818. The van der Waals surface area contributed by atoms with Crippen molar-refractivity contribution in [3.8, 4) is 6.07 Å². The highest BCUT2D eigenvalue weighted by atomic mass is 16.1. The maximum Gasteiger partial charge on any atom is 0.243 e. The van der Waals surface area contributed by atoms with E-state index in [4.69, 9.17) is 4.98 Å². The van der Waals surface area contributed by atoms with Gasteiger partial charge in [0.1, 0.15) is 5.69 Å². The number of hydrogen-bond acceptors (Lipinski definition) is 6. The van der Waals surface area contributed by atoms with E-state index in [2.05, 4.69) is 39.8 Å². The average Bonchev–Trinajstić information content (AvgIpc) is 2.67. The number of hydrogen-bond donors (Lipinski definition) is 1. The van der Waals surface area contributed by atoms with E-state index in [9.17, 15) is 10.1 Å². The van der Waals surface area contributed by atoms with Gasteiger partial charge in [0.2, 0.25) is 5.91 Å². The third kappa shape index (κ3) is 3.65. The lowest BCUT2D eigenvalue weighted by Crippen LogP contribution is -2.45. The van der Waals surface area contributed by atoms with Crippen molar-refractivity contribution < 1.29 is 4.79 Å². The molecule has 134 valence electrons. The first kappa shape index (κ1) is 17.8. The molecule has 0 spiro atoms. The smallest absolute Gasteiger partial charge is 0.243 e. The minimum absolute atomic E-state index is 0.307. The van der Waals surface area contributed by atoms with Crippen LogP contribution in [0, 0.1) is 11.3 Å². The van der Waals surface area contributed by atoms with Crippen molar-refractivity contribution in [2.75, 3.05) is 44.7 Å². The first-order valence-corrected chi connectivity index (χ1v) is 8.62. The van der Waals surface area contributed by atoms with Gasteiger partial charge in [0, 0.05) is 32.7 Å². The molecule has 3 rings (SSSR count). The molecular weight excluding hydrogens is 328 g/mol. The van der Waals surface area contributed by atoms with Crippen LogP contribution < -0.4 is 10.2 Å². The van der Waals surface area contributed by atoms with Crippen LogP contribution in [0.1, 0.15) is 11.6 Å². The minimum Gasteiger partial charge on any atom is -0.352 e. The summed E-state index contributed by atoms with van der Waals surface area (Å²) in [4.78, 5) is 26.2. The molecule has 1 aliphatic rings. The number of amides is 1. The Bertz CT molecular complexity index is 851. The monoisotopic (exact) mass is 350 g/mol. The SMILES string of the molecule is C=CCNC(=O)C(C#N)c1nc2ccccc2nc1N1CCN(C)CC1. The number of nitrogens with one attached hydrogen (secondary N) is 1. The Morgan fingerprint density at radius 2 is 1.96 bits per heavy atom. The fourth-order valence-electron chi connectivity index (χ4n) is 2.97. The molecule has 7 heteroatoms. The summed E-state index contributed by atoms with van der Waals surface area (Å²) in [6, 6.07) is 9.61. The second-order valence-corrected chi connectivity index (χ2v) is 6.31. The van der Waals surface area contributed by atoms with Crippen LogP contribution in [-0.2, 0) is 4.79 Å². The van der Waals surface area contributed by atoms with Gasteiger partial charge < -0.3 is 15.1 Å². The number of rotatable bonds is 5. The predicted molar refractivity (Wildman–Crippen MR) is 101 cm³/mol. The number of likely N-dealkylation sites (N-methyl/N-ethyl adjacent to an activating group) is 1. The van der Waals surface area contributed by atoms with Crippen molar-refractivity contribution in [2.45, 2.75) is 5.92 Å². The summed E-state index contributed by atoms with van der Waals surface area (Å²) < 4.78 is 0. The second kappa shape index (κ2) is 7.93. The van der Waals surface area contributed by atoms with Gasteiger partial charge in [0.25, 0.3) is 0 Å². The normalized spacial score (nSPS) is 16.1. The fourth-order valence-corrected chi connectivity index (χ4v) is 2.97. The molecule has 1 N–H and O–H groups in total. The molecule has 0 bridgehead atoms. The van der Waals surface area contributed by atoms with E-state index in [1.54, 1.807) is 6.08 Å². The summed E-state index contributed by atoms with van der Waals surface area (Å²) in [6.07, 6.45) is 1.58. The Kier molecular flexibility index (Phi) is 5.44. The molecule has 0 radical (unpaired) electrons. The molecule has 1 saturated heterocycles. The van der Waals surface area contributed by atoms with Crippen LogP contribution in [-0.4, -0.2) is 60.5 Å². The predicted octanol–water partition coefficient (Wildman–Crippen LogP) is 1.29. The third-order valence-electron chi connectivity index (χ3n) is 4.47. The first-order valence-electron chi connectivity index (χ1n) is 8.62. The first-order chi connectivity index (χ1) is 12.6. The zero-order valence-electron chi connectivity index (χ0n) is 14.9. The maximum absolute atomic E-state index is 12.5. The highest BCUT2D eigenvalue weighted by Crippen LogP contribution is 2.27. The van der Waals surface area contributed by atoms with Crippen molar-refractivity contribution in [2.24, 2.45) is 0 Å². The summed E-state index contributed by atoms with van der Waals surface area (Å²) in [5.41, 5.74) is 1.85. The number of para-hydroxylation sites is 2. The third-order valence-corrected chi connectivity index (χ3v) is 4.47. The number of carbonyl (C=O) groups excluding carboxylic acids is 1. The maximum atomic E-state index is 12.5. The van der Waals surface area contributed by atoms with Gasteiger partial charge >= 0.3 is 0 Å². The molecular formula is C19H22N6O. The topological polar surface area (TPSA) is 85.1 Å². The number of nitrogens with zero attached hydrogens (tertiary/aromatic N) is 5. The van der Waals surface area contributed by atoms with Gasteiger partial charge in [-0.15, -0.1) is 6.58 Å². The number of benzene rings is 1. The van der Waals surface area contributed by atoms with Crippen LogP contribution in [0.3, 0.4) is 0 Å². The summed E-state index contributed by atoms with van der Waals surface area (Å²) in [5.74, 6) is -0.772. The summed E-state index contributed by atoms with van der Waals surface area (Å²) >= 11 is 0. The highest BCUT2D eigenvalue weighted by molar-refractivity contribution is 5.89. The zero-order valence-corrected chi connectivity index (χ0v) is 14.9. The van der Waals surface area contributed by atoms with Crippen LogP contribution >= 0.6 is 0 Å². The number of piperazine rings is 1. The molecule has 1 atom stereocenters. The van der Waals surface area contributed by atoms with Gasteiger partial charge in [-0.05, 0) is 19.2 Å². The Hall–Kier alpha value is -2.98. The molecule has 2 aromatic rings. The summed E-state index contributed by atoms with van der Waals surface area (Å²) in [7, 11) is 2.07. The van der Waals surface area contributed by atoms with Crippen LogP contribution in [0.2, 0.25) is 0 Å². The van der Waals surface area contributed by atoms with E-state index in [0.717, 1.165) is 31.7 Å². The van der Waals surface area contributed by atoms with Gasteiger partial charge in [0.15, 0.2) is 11.7 Å². The molecule has 1 aliphatic heterocycles. The van der Waals surface area contributed by atoms with Crippen LogP contribution in [0.4, 0.5) is 5.82 Å². The van der Waals surface area contributed by atoms with Crippen LogP contribution in [0.5, 0.6) is 0 Å². The molecule has 1 aromatic heterocycles. The molecule has 7 nitrogen and oxygen atoms in total. The molecule has 0 saturated carbocycles. The lowest BCUT2D eigenvalue weighted by Gasteiger charge is -2.34. The lowest BCUT2D eigenvalue weighted by molar-refractivity contribution is -0.121. The molecule has 1 fully saturated rings. The molecule has 2 heterocycles. The van der Waals surface area contributed by atoms with Crippen molar-refractivity contribution in [1.82, 2.24) is 20.2 Å². The zero-order chi connectivity index (χ0) is 18.5.